The Balaban J connectivity index is 1.42. The maximum absolute atomic E-state index is 11.6. The number of halogens is 1. The smallest absolute Gasteiger partial charge is 0.411 e. The highest BCUT2D eigenvalue weighted by atomic mass is 35.5. The fourth-order valence-corrected chi connectivity index (χ4v) is 4.24. The highest BCUT2D eigenvalue weighted by Gasteiger charge is 2.14. The summed E-state index contributed by atoms with van der Waals surface area (Å²) in [5.74, 6) is 0. The van der Waals surface area contributed by atoms with E-state index in [1.54, 1.807) is 0 Å². The molecule has 0 saturated carbocycles. The van der Waals surface area contributed by atoms with Gasteiger partial charge in [-0.25, -0.2) is 4.79 Å². The van der Waals surface area contributed by atoms with Gasteiger partial charge in [-0.15, -0.1) is 0 Å². The van der Waals surface area contributed by atoms with Gasteiger partial charge in [0.25, 0.3) is 0 Å². The number of nitrogens with zero attached hydrogens (tertiary/aromatic N) is 2. The number of anilines is 1. The van der Waals surface area contributed by atoms with Gasteiger partial charge in [0.2, 0.25) is 0 Å². The van der Waals surface area contributed by atoms with E-state index in [9.17, 15) is 9.90 Å². The molecule has 0 atom stereocenters. The number of hydrogen-bond acceptors (Lipinski definition) is 2. The van der Waals surface area contributed by atoms with E-state index in [0.29, 0.717) is 18.0 Å². The van der Waals surface area contributed by atoms with Crippen LogP contribution in [-0.4, -0.2) is 22.7 Å². The van der Waals surface area contributed by atoms with Crippen LogP contribution < -0.4 is 4.90 Å². The molecule has 0 spiro atoms. The van der Waals surface area contributed by atoms with Crippen molar-refractivity contribution in [3.63, 3.8) is 0 Å². The Hall–Kier alpha value is -3.63. The highest BCUT2D eigenvalue weighted by Crippen LogP contribution is 2.22. The van der Waals surface area contributed by atoms with Crippen molar-refractivity contribution in [3.05, 3.63) is 112 Å². The van der Waals surface area contributed by atoms with Crippen molar-refractivity contribution in [2.45, 2.75) is 26.2 Å². The van der Waals surface area contributed by atoms with Crippen molar-refractivity contribution in [2.75, 3.05) is 11.4 Å². The van der Waals surface area contributed by atoms with Gasteiger partial charge < -0.3 is 5.11 Å². The third kappa shape index (κ3) is 5.83. The van der Waals surface area contributed by atoms with E-state index < -0.39 is 6.09 Å². The quantitative estimate of drug-likeness (QED) is 0.291. The summed E-state index contributed by atoms with van der Waals surface area (Å²) in [7, 11) is 0. The average molecular weight is 471 g/mol. The lowest BCUT2D eigenvalue weighted by molar-refractivity contribution is 0.202. The number of rotatable bonds is 8. The van der Waals surface area contributed by atoms with Gasteiger partial charge in [-0.3, -0.25) is 9.88 Å². The first-order chi connectivity index (χ1) is 16.5. The van der Waals surface area contributed by atoms with Gasteiger partial charge >= 0.3 is 6.09 Å². The number of amides is 1. The Bertz CT molecular complexity index is 1330. The van der Waals surface area contributed by atoms with Gasteiger partial charge in [0.15, 0.2) is 0 Å². The minimum Gasteiger partial charge on any atom is -0.465 e. The molecule has 0 bridgehead atoms. The largest absolute Gasteiger partial charge is 0.465 e. The van der Waals surface area contributed by atoms with Crippen LogP contribution in [0, 0.1) is 0 Å². The fourth-order valence-electron chi connectivity index (χ4n) is 4.07. The summed E-state index contributed by atoms with van der Waals surface area (Å²) in [6.07, 6.45) is 5.65. The lowest BCUT2D eigenvalue weighted by Crippen LogP contribution is -2.29. The van der Waals surface area contributed by atoms with Crippen LogP contribution in [0.3, 0.4) is 0 Å². The molecule has 34 heavy (non-hydrogen) atoms. The fraction of sp³-hybridized carbons (Fsp3) is 0.172. The first-order valence-corrected chi connectivity index (χ1v) is 11.8. The molecule has 4 nitrogen and oxygen atoms in total. The number of hydrogen-bond donors (Lipinski definition) is 1. The van der Waals surface area contributed by atoms with E-state index in [4.69, 9.17) is 16.6 Å². The van der Waals surface area contributed by atoms with Crippen LogP contribution in [0.2, 0.25) is 5.02 Å². The second kappa shape index (κ2) is 11.0. The van der Waals surface area contributed by atoms with Gasteiger partial charge in [-0.1, -0.05) is 78.4 Å². The van der Waals surface area contributed by atoms with Crippen LogP contribution in [0.15, 0.2) is 84.9 Å². The molecule has 0 aliphatic heterocycles. The first-order valence-electron chi connectivity index (χ1n) is 11.4. The van der Waals surface area contributed by atoms with E-state index in [1.807, 2.05) is 49.4 Å². The molecule has 0 saturated heterocycles. The molecule has 0 fully saturated rings. The van der Waals surface area contributed by atoms with Crippen LogP contribution in [0.5, 0.6) is 0 Å². The molecule has 1 heterocycles. The summed E-state index contributed by atoms with van der Waals surface area (Å²) in [5, 5.41) is 11.3. The minimum absolute atomic E-state index is 0.414. The van der Waals surface area contributed by atoms with E-state index in [1.165, 1.54) is 10.5 Å². The predicted octanol–water partition coefficient (Wildman–Crippen LogP) is 7.43. The Kier molecular flexibility index (Phi) is 7.61. The van der Waals surface area contributed by atoms with E-state index >= 15 is 0 Å². The number of benzene rings is 3. The Morgan fingerprint density at radius 1 is 1.00 bits per heavy atom. The van der Waals surface area contributed by atoms with Crippen LogP contribution in [-0.2, 0) is 19.3 Å². The maximum Gasteiger partial charge on any atom is 0.411 e. The molecule has 172 valence electrons. The van der Waals surface area contributed by atoms with Crippen molar-refractivity contribution < 1.29 is 9.90 Å². The summed E-state index contributed by atoms with van der Waals surface area (Å²) < 4.78 is 0. The number of carbonyl (C=O) groups is 1. The number of para-hydroxylation sites is 1. The van der Waals surface area contributed by atoms with E-state index in [-0.39, 0.29) is 0 Å². The number of pyridine rings is 1. The van der Waals surface area contributed by atoms with Crippen molar-refractivity contribution >= 4 is 40.4 Å². The van der Waals surface area contributed by atoms with Gasteiger partial charge in [0.1, 0.15) is 0 Å². The zero-order chi connectivity index (χ0) is 23.9. The van der Waals surface area contributed by atoms with Crippen LogP contribution in [0.25, 0.3) is 17.0 Å². The molecule has 5 heteroatoms. The molecule has 0 unspecified atom stereocenters. The molecule has 0 aliphatic carbocycles. The zero-order valence-electron chi connectivity index (χ0n) is 19.1. The minimum atomic E-state index is -0.935. The number of fused-ring (bicyclic) bond motifs is 1. The molecule has 3 aromatic carbocycles. The molecule has 4 aromatic rings. The lowest BCUT2D eigenvalue weighted by atomic mass is 10.0. The second-order valence-corrected chi connectivity index (χ2v) is 8.58. The van der Waals surface area contributed by atoms with Gasteiger partial charge in [0.05, 0.1) is 11.2 Å². The third-order valence-electron chi connectivity index (χ3n) is 5.81. The zero-order valence-corrected chi connectivity index (χ0v) is 19.9. The SMILES string of the molecule is CCN(C(=O)O)c1ccccc1CC=Cc1cccc(CCc2ccc3ccc(Cl)cc3n2)c1. The van der Waals surface area contributed by atoms with Crippen LogP contribution in [0.1, 0.15) is 29.3 Å². The monoisotopic (exact) mass is 470 g/mol. The standard InChI is InChI=1S/C29H27ClN2O2/c1-2-32(29(33)34)28-12-4-3-10-24(28)11-6-9-21-7-5-8-22(19-21)13-17-26-18-15-23-14-16-25(30)20-27(23)31-26/h3-10,12,14-16,18-20H,2,11,13,17H2,1H3,(H,33,34). The molecule has 1 aromatic heterocycles. The molecular formula is C29H27ClN2O2. The summed E-state index contributed by atoms with van der Waals surface area (Å²) >= 11 is 6.11. The molecule has 1 amide bonds. The average Bonchev–Trinajstić information content (AvgIpc) is 2.84. The van der Waals surface area contributed by atoms with E-state index in [0.717, 1.165) is 46.3 Å². The van der Waals surface area contributed by atoms with Crippen LogP contribution >= 0.6 is 11.6 Å². The summed E-state index contributed by atoms with van der Waals surface area (Å²) in [6, 6.07) is 26.1. The number of aromatic nitrogens is 1. The molecule has 4 rings (SSSR count). The van der Waals surface area contributed by atoms with Gasteiger partial charge in [-0.05, 0) is 67.1 Å². The maximum atomic E-state index is 11.6. The van der Waals surface area contributed by atoms with Gasteiger partial charge in [0, 0.05) is 22.6 Å². The van der Waals surface area contributed by atoms with Gasteiger partial charge in [-0.2, -0.15) is 0 Å². The molecule has 1 N–H and O–H groups in total. The molecule has 0 aliphatic rings. The Morgan fingerprint density at radius 2 is 1.82 bits per heavy atom. The second-order valence-electron chi connectivity index (χ2n) is 8.15. The van der Waals surface area contributed by atoms with Crippen molar-refractivity contribution in [1.82, 2.24) is 4.98 Å². The lowest BCUT2D eigenvalue weighted by Gasteiger charge is -2.20. The summed E-state index contributed by atoms with van der Waals surface area (Å²) in [4.78, 5) is 17.7. The molecular weight excluding hydrogens is 444 g/mol. The number of allylic oxidation sites excluding steroid dienone is 1. The normalized spacial score (nSPS) is 11.2. The summed E-state index contributed by atoms with van der Waals surface area (Å²) in [6.45, 7) is 2.26. The van der Waals surface area contributed by atoms with Crippen LogP contribution in [0.4, 0.5) is 10.5 Å². The van der Waals surface area contributed by atoms with Crippen molar-refractivity contribution in [3.8, 4) is 0 Å². The van der Waals surface area contributed by atoms with E-state index in [2.05, 4.69) is 48.6 Å². The highest BCUT2D eigenvalue weighted by molar-refractivity contribution is 6.31. The number of aryl methyl sites for hydroxylation is 2. The predicted molar refractivity (Wildman–Crippen MR) is 141 cm³/mol. The topological polar surface area (TPSA) is 53.4 Å². The van der Waals surface area contributed by atoms with Crippen molar-refractivity contribution in [1.29, 1.82) is 0 Å². The number of carboxylic acid groups (broad SMARTS) is 1. The molecule has 0 radical (unpaired) electrons. The first kappa shape index (κ1) is 23.5. The Labute approximate surface area is 205 Å². The summed E-state index contributed by atoms with van der Waals surface area (Å²) in [5.41, 5.74) is 6.07. The Morgan fingerprint density at radius 3 is 2.65 bits per heavy atom. The third-order valence-corrected chi connectivity index (χ3v) is 6.05. The van der Waals surface area contributed by atoms with Crippen molar-refractivity contribution in [2.24, 2.45) is 0 Å².